The van der Waals surface area contributed by atoms with Gasteiger partial charge in [-0.3, -0.25) is 9.89 Å². The van der Waals surface area contributed by atoms with Crippen molar-refractivity contribution in [2.45, 2.75) is 18.9 Å². The third-order valence-corrected chi connectivity index (χ3v) is 3.64. The summed E-state index contributed by atoms with van der Waals surface area (Å²) in [6.45, 7) is 3.92. The largest absolute Gasteiger partial charge is 0.462 e. The summed E-state index contributed by atoms with van der Waals surface area (Å²) in [7, 11) is 0. The van der Waals surface area contributed by atoms with Gasteiger partial charge in [0.05, 0.1) is 6.61 Å². The highest BCUT2D eigenvalue weighted by atomic mass is 32.2. The molecule has 0 fully saturated rings. The van der Waals surface area contributed by atoms with Gasteiger partial charge in [-0.15, -0.1) is 11.8 Å². The molecule has 0 aliphatic carbocycles. The van der Waals surface area contributed by atoms with Crippen LogP contribution in [0.2, 0.25) is 0 Å². The van der Waals surface area contributed by atoms with Gasteiger partial charge in [0.2, 0.25) is 0 Å². The molecule has 1 aromatic carbocycles. The van der Waals surface area contributed by atoms with Gasteiger partial charge in [0, 0.05) is 5.56 Å². The van der Waals surface area contributed by atoms with Crippen LogP contribution in [0.1, 0.15) is 33.2 Å². The predicted octanol–water partition coefficient (Wildman–Crippen LogP) is 2.87. The first-order valence-corrected chi connectivity index (χ1v) is 7.96. The fourth-order valence-electron chi connectivity index (χ4n) is 1.85. The predicted molar refractivity (Wildman–Crippen MR) is 85.5 cm³/mol. The Kier molecular flexibility index (Phi) is 5.21. The van der Waals surface area contributed by atoms with Crippen molar-refractivity contribution in [2.75, 3.05) is 18.2 Å². The number of hydrogen-bond donors (Lipinski definition) is 2. The number of rotatable bonds is 5. The zero-order valence-electron chi connectivity index (χ0n) is 12.6. The number of benzene rings is 1. The Bertz CT molecular complexity index is 680. The van der Waals surface area contributed by atoms with E-state index in [0.29, 0.717) is 10.6 Å². The summed E-state index contributed by atoms with van der Waals surface area (Å²) >= 11 is 1.30. The van der Waals surface area contributed by atoms with Crippen LogP contribution in [0.15, 0.2) is 29.3 Å². The number of hydrogen-bond acceptors (Lipinski definition) is 5. The van der Waals surface area contributed by atoms with Crippen LogP contribution in [0.3, 0.4) is 0 Å². The molecule has 0 atom stereocenters. The summed E-state index contributed by atoms with van der Waals surface area (Å²) < 4.78 is 5.01. The van der Waals surface area contributed by atoms with Crippen molar-refractivity contribution in [3.05, 3.63) is 41.0 Å². The van der Waals surface area contributed by atoms with Gasteiger partial charge in [-0.2, -0.15) is 5.10 Å². The van der Waals surface area contributed by atoms with Crippen LogP contribution in [-0.4, -0.2) is 34.9 Å². The molecule has 1 aromatic heterocycles. The average molecular weight is 319 g/mol. The van der Waals surface area contributed by atoms with E-state index in [2.05, 4.69) is 15.5 Å². The van der Waals surface area contributed by atoms with Crippen LogP contribution in [0, 0.1) is 6.92 Å². The number of esters is 1. The molecule has 2 rings (SSSR count). The molecular weight excluding hydrogens is 302 g/mol. The first-order valence-electron chi connectivity index (χ1n) is 6.74. The Labute approximate surface area is 132 Å². The van der Waals surface area contributed by atoms with Crippen LogP contribution >= 0.6 is 11.8 Å². The number of thioether (sulfide) groups is 1. The minimum Gasteiger partial charge on any atom is -0.462 e. The zero-order valence-corrected chi connectivity index (χ0v) is 13.4. The Morgan fingerprint density at radius 1 is 1.32 bits per heavy atom. The number of carbonyl (C=O) groups is 2. The molecule has 0 radical (unpaired) electrons. The molecule has 0 saturated carbocycles. The number of amides is 1. The lowest BCUT2D eigenvalue weighted by molar-refractivity contribution is 0.0523. The van der Waals surface area contributed by atoms with Crippen LogP contribution in [0.4, 0.5) is 5.82 Å². The lowest BCUT2D eigenvalue weighted by Gasteiger charge is -2.06. The minimum atomic E-state index is -0.514. The van der Waals surface area contributed by atoms with E-state index in [1.54, 1.807) is 25.3 Å². The molecule has 0 spiro atoms. The first-order chi connectivity index (χ1) is 10.6. The van der Waals surface area contributed by atoms with Gasteiger partial charge in [0.25, 0.3) is 5.91 Å². The molecular formula is C15H17N3O3S. The quantitative estimate of drug-likeness (QED) is 0.654. The summed E-state index contributed by atoms with van der Waals surface area (Å²) in [6.07, 6.45) is 1.80. The highest BCUT2D eigenvalue weighted by Crippen LogP contribution is 2.25. The fraction of sp³-hybridized carbons (Fsp3) is 0.267. The molecule has 2 aromatic rings. The lowest BCUT2D eigenvalue weighted by Crippen LogP contribution is -2.15. The standard InChI is InChI=1S/C15H17N3O3S/c1-4-21-15(20)11-12(17-18-14(11)22-3)16-13(19)10-7-5-9(2)6-8-10/h5-8H,4H2,1-3H3,(H2,16,17,18,19). The van der Waals surface area contributed by atoms with E-state index in [9.17, 15) is 9.59 Å². The monoisotopic (exact) mass is 319 g/mol. The van der Waals surface area contributed by atoms with Crippen LogP contribution < -0.4 is 5.32 Å². The molecule has 0 saturated heterocycles. The maximum atomic E-state index is 12.2. The Balaban J connectivity index is 2.25. The topological polar surface area (TPSA) is 84.1 Å². The highest BCUT2D eigenvalue weighted by Gasteiger charge is 2.23. The van der Waals surface area contributed by atoms with E-state index in [1.807, 2.05) is 19.1 Å². The molecule has 0 aliphatic rings. The number of anilines is 1. The molecule has 1 amide bonds. The Morgan fingerprint density at radius 3 is 2.59 bits per heavy atom. The number of ether oxygens (including phenoxy) is 1. The number of carbonyl (C=O) groups excluding carboxylic acids is 2. The number of aromatic nitrogens is 2. The van der Waals surface area contributed by atoms with E-state index < -0.39 is 5.97 Å². The van der Waals surface area contributed by atoms with Crippen molar-refractivity contribution in [3.63, 3.8) is 0 Å². The van der Waals surface area contributed by atoms with Crippen LogP contribution in [0.5, 0.6) is 0 Å². The van der Waals surface area contributed by atoms with Gasteiger partial charge >= 0.3 is 5.97 Å². The van der Waals surface area contributed by atoms with Crippen molar-refractivity contribution < 1.29 is 14.3 Å². The third kappa shape index (κ3) is 3.48. The van der Waals surface area contributed by atoms with Crippen LogP contribution in [0.25, 0.3) is 0 Å². The summed E-state index contributed by atoms with van der Waals surface area (Å²) in [5.41, 5.74) is 1.81. The van der Waals surface area contributed by atoms with Crippen molar-refractivity contribution >= 4 is 29.5 Å². The molecule has 2 N–H and O–H groups in total. The van der Waals surface area contributed by atoms with E-state index in [0.717, 1.165) is 5.56 Å². The van der Waals surface area contributed by atoms with Crippen LogP contribution in [-0.2, 0) is 4.74 Å². The van der Waals surface area contributed by atoms with Crippen molar-refractivity contribution in [1.29, 1.82) is 0 Å². The van der Waals surface area contributed by atoms with Gasteiger partial charge in [-0.1, -0.05) is 17.7 Å². The third-order valence-electron chi connectivity index (χ3n) is 2.96. The number of nitrogens with one attached hydrogen (secondary N) is 2. The first kappa shape index (κ1) is 16.1. The maximum absolute atomic E-state index is 12.2. The lowest BCUT2D eigenvalue weighted by atomic mass is 10.1. The summed E-state index contributed by atoms with van der Waals surface area (Å²) in [5.74, 6) is -0.588. The Hall–Kier alpha value is -2.28. The molecule has 0 bridgehead atoms. The maximum Gasteiger partial charge on any atom is 0.344 e. The van der Waals surface area contributed by atoms with E-state index in [1.165, 1.54) is 11.8 Å². The van der Waals surface area contributed by atoms with Gasteiger partial charge in [0.15, 0.2) is 0 Å². The number of aryl methyl sites for hydroxylation is 1. The van der Waals surface area contributed by atoms with E-state index in [-0.39, 0.29) is 23.9 Å². The molecule has 116 valence electrons. The molecule has 6 nitrogen and oxygen atoms in total. The molecule has 0 aliphatic heterocycles. The Morgan fingerprint density at radius 2 is 2.00 bits per heavy atom. The van der Waals surface area contributed by atoms with Gasteiger partial charge in [-0.05, 0) is 32.2 Å². The van der Waals surface area contributed by atoms with Gasteiger partial charge in [0.1, 0.15) is 16.4 Å². The van der Waals surface area contributed by atoms with E-state index in [4.69, 9.17) is 4.74 Å². The summed E-state index contributed by atoms with van der Waals surface area (Å²) in [5, 5.41) is 9.85. The summed E-state index contributed by atoms with van der Waals surface area (Å²) in [4.78, 5) is 24.3. The molecule has 0 unspecified atom stereocenters. The fourth-order valence-corrected chi connectivity index (χ4v) is 2.37. The minimum absolute atomic E-state index is 0.244. The average Bonchev–Trinajstić information content (AvgIpc) is 2.90. The second-order valence-corrected chi connectivity index (χ2v) is 5.32. The number of H-pyrrole nitrogens is 1. The zero-order chi connectivity index (χ0) is 16.1. The van der Waals surface area contributed by atoms with Crippen molar-refractivity contribution in [1.82, 2.24) is 10.2 Å². The normalized spacial score (nSPS) is 10.3. The second kappa shape index (κ2) is 7.13. The molecule has 22 heavy (non-hydrogen) atoms. The molecule has 7 heteroatoms. The SMILES string of the molecule is CCOC(=O)c1c(SC)n[nH]c1NC(=O)c1ccc(C)cc1. The highest BCUT2D eigenvalue weighted by molar-refractivity contribution is 7.98. The number of aromatic amines is 1. The number of nitrogens with zero attached hydrogens (tertiary/aromatic N) is 1. The summed E-state index contributed by atoms with van der Waals surface area (Å²) in [6, 6.07) is 7.14. The van der Waals surface area contributed by atoms with E-state index >= 15 is 0 Å². The van der Waals surface area contributed by atoms with Crippen molar-refractivity contribution in [3.8, 4) is 0 Å². The second-order valence-electron chi connectivity index (χ2n) is 4.52. The molecule has 1 heterocycles. The van der Waals surface area contributed by atoms with Gasteiger partial charge in [-0.25, -0.2) is 4.79 Å². The van der Waals surface area contributed by atoms with Crippen molar-refractivity contribution in [2.24, 2.45) is 0 Å². The van der Waals surface area contributed by atoms with Gasteiger partial charge < -0.3 is 10.1 Å². The smallest absolute Gasteiger partial charge is 0.344 e.